The van der Waals surface area contributed by atoms with Crippen LogP contribution in [0.3, 0.4) is 0 Å². The van der Waals surface area contributed by atoms with Crippen molar-refractivity contribution in [1.29, 1.82) is 0 Å². The topological polar surface area (TPSA) is 58.8 Å². The van der Waals surface area contributed by atoms with Gasteiger partial charge in [-0.2, -0.15) is 0 Å². The lowest BCUT2D eigenvalue weighted by Gasteiger charge is -2.37. The summed E-state index contributed by atoms with van der Waals surface area (Å²) in [6, 6.07) is 10.2. The van der Waals surface area contributed by atoms with E-state index in [1.54, 1.807) is 0 Å². The molecule has 1 amide bonds. The Labute approximate surface area is 144 Å². The minimum absolute atomic E-state index is 0.129. The van der Waals surface area contributed by atoms with Gasteiger partial charge in [0.2, 0.25) is 5.91 Å². The van der Waals surface area contributed by atoms with E-state index in [2.05, 4.69) is 35.2 Å². The van der Waals surface area contributed by atoms with Gasteiger partial charge in [-0.15, -0.1) is 0 Å². The van der Waals surface area contributed by atoms with Gasteiger partial charge in [0.15, 0.2) is 0 Å². The van der Waals surface area contributed by atoms with E-state index < -0.39 is 0 Å². The van der Waals surface area contributed by atoms with Gasteiger partial charge in [0.25, 0.3) is 0 Å². The summed E-state index contributed by atoms with van der Waals surface area (Å²) in [7, 11) is 0. The molecule has 1 atom stereocenters. The minimum Gasteiger partial charge on any atom is -0.381 e. The van der Waals surface area contributed by atoms with Crippen molar-refractivity contribution in [2.75, 3.05) is 45.9 Å². The van der Waals surface area contributed by atoms with Crippen LogP contribution in [0.5, 0.6) is 0 Å². The summed E-state index contributed by atoms with van der Waals surface area (Å²) in [5.41, 5.74) is 7.60. The fourth-order valence-electron chi connectivity index (χ4n) is 3.61. The maximum absolute atomic E-state index is 12.6. The fraction of sp³-hybridized carbons (Fsp3) is 0.632. The number of nitrogens with two attached hydrogens (primary N) is 1. The van der Waals surface area contributed by atoms with Crippen molar-refractivity contribution in [2.24, 2.45) is 11.7 Å². The molecule has 0 saturated carbocycles. The number of carbonyl (C=O) groups excluding carboxylic acids is 1. The van der Waals surface area contributed by atoms with Crippen LogP contribution in [-0.2, 0) is 16.0 Å². The molecule has 2 fully saturated rings. The Bertz CT molecular complexity index is 509. The van der Waals surface area contributed by atoms with Gasteiger partial charge < -0.3 is 15.4 Å². The van der Waals surface area contributed by atoms with Gasteiger partial charge in [0.1, 0.15) is 0 Å². The Kier molecular flexibility index (Phi) is 6.24. The highest BCUT2D eigenvalue weighted by molar-refractivity contribution is 5.82. The Balaban J connectivity index is 1.41. The molecule has 2 N–H and O–H groups in total. The highest BCUT2D eigenvalue weighted by Gasteiger charge is 2.31. The second-order valence-corrected chi connectivity index (χ2v) is 6.88. The van der Waals surface area contributed by atoms with E-state index >= 15 is 0 Å². The molecule has 1 aromatic rings. The SMILES string of the molecule is NC(C(=O)N1CCN(CCc2ccccc2)CC1)C1CCOCC1. The molecule has 0 aliphatic carbocycles. The summed E-state index contributed by atoms with van der Waals surface area (Å²) in [5, 5.41) is 0. The van der Waals surface area contributed by atoms with Gasteiger partial charge in [0.05, 0.1) is 6.04 Å². The van der Waals surface area contributed by atoms with Crippen LogP contribution in [0.1, 0.15) is 18.4 Å². The second-order valence-electron chi connectivity index (χ2n) is 6.88. The lowest BCUT2D eigenvalue weighted by molar-refractivity contribution is -0.136. The molecule has 5 nitrogen and oxygen atoms in total. The van der Waals surface area contributed by atoms with E-state index in [-0.39, 0.29) is 17.9 Å². The Morgan fingerprint density at radius 3 is 2.46 bits per heavy atom. The molecule has 24 heavy (non-hydrogen) atoms. The van der Waals surface area contributed by atoms with Crippen LogP contribution in [-0.4, -0.2) is 67.7 Å². The van der Waals surface area contributed by atoms with Gasteiger partial charge in [-0.3, -0.25) is 9.69 Å². The third kappa shape index (κ3) is 4.56. The normalized spacial score (nSPS) is 21.6. The molecule has 2 aliphatic heterocycles. The van der Waals surface area contributed by atoms with Crippen LogP contribution in [0.15, 0.2) is 30.3 Å². The standard InChI is InChI=1S/C19H29N3O2/c20-18(17-7-14-24-15-8-17)19(23)22-12-10-21(11-13-22)9-6-16-4-2-1-3-5-16/h1-5,17-18H,6-15,20H2. The molecule has 5 heteroatoms. The highest BCUT2D eigenvalue weighted by atomic mass is 16.5. The molecule has 0 spiro atoms. The average Bonchev–Trinajstić information content (AvgIpc) is 2.67. The first kappa shape index (κ1) is 17.4. The monoisotopic (exact) mass is 331 g/mol. The molecule has 2 saturated heterocycles. The first-order valence-corrected chi connectivity index (χ1v) is 9.12. The fourth-order valence-corrected chi connectivity index (χ4v) is 3.61. The number of nitrogens with zero attached hydrogens (tertiary/aromatic N) is 2. The summed E-state index contributed by atoms with van der Waals surface area (Å²) in [4.78, 5) is 17.0. The summed E-state index contributed by atoms with van der Waals surface area (Å²) < 4.78 is 5.37. The van der Waals surface area contributed by atoms with Crippen LogP contribution in [0.4, 0.5) is 0 Å². The van der Waals surface area contributed by atoms with E-state index in [1.807, 2.05) is 4.90 Å². The van der Waals surface area contributed by atoms with Crippen molar-refractivity contribution in [3.05, 3.63) is 35.9 Å². The summed E-state index contributed by atoms with van der Waals surface area (Å²) in [5.74, 6) is 0.409. The van der Waals surface area contributed by atoms with E-state index in [9.17, 15) is 4.79 Å². The third-order valence-electron chi connectivity index (χ3n) is 5.30. The first-order chi connectivity index (χ1) is 11.7. The number of amides is 1. The number of hydrogen-bond donors (Lipinski definition) is 1. The molecule has 1 unspecified atom stereocenters. The Hall–Kier alpha value is -1.43. The highest BCUT2D eigenvalue weighted by Crippen LogP contribution is 2.19. The number of benzene rings is 1. The second kappa shape index (κ2) is 8.60. The summed E-state index contributed by atoms with van der Waals surface area (Å²) in [6.07, 6.45) is 2.88. The van der Waals surface area contributed by atoms with Crippen LogP contribution >= 0.6 is 0 Å². The van der Waals surface area contributed by atoms with Crippen LogP contribution < -0.4 is 5.73 Å². The molecular formula is C19H29N3O2. The van der Waals surface area contributed by atoms with Crippen LogP contribution in [0.25, 0.3) is 0 Å². The van der Waals surface area contributed by atoms with Gasteiger partial charge in [-0.1, -0.05) is 30.3 Å². The number of hydrogen-bond acceptors (Lipinski definition) is 4. The molecule has 2 aliphatic rings. The quantitative estimate of drug-likeness (QED) is 0.879. The largest absolute Gasteiger partial charge is 0.381 e. The summed E-state index contributed by atoms with van der Waals surface area (Å²) >= 11 is 0. The van der Waals surface area contributed by atoms with E-state index in [0.717, 1.165) is 65.2 Å². The third-order valence-corrected chi connectivity index (χ3v) is 5.30. The maximum atomic E-state index is 12.6. The molecule has 1 aromatic carbocycles. The Morgan fingerprint density at radius 2 is 1.79 bits per heavy atom. The number of piperazine rings is 1. The zero-order valence-corrected chi connectivity index (χ0v) is 14.4. The van der Waals surface area contributed by atoms with Crippen molar-refractivity contribution in [3.63, 3.8) is 0 Å². The molecule has 0 bridgehead atoms. The number of ether oxygens (including phenoxy) is 1. The van der Waals surface area contributed by atoms with Crippen molar-refractivity contribution in [2.45, 2.75) is 25.3 Å². The zero-order valence-electron chi connectivity index (χ0n) is 14.4. The van der Waals surface area contributed by atoms with Crippen molar-refractivity contribution >= 4 is 5.91 Å². The van der Waals surface area contributed by atoms with Crippen LogP contribution in [0, 0.1) is 5.92 Å². The van der Waals surface area contributed by atoms with Gasteiger partial charge in [-0.05, 0) is 30.7 Å². The molecule has 3 rings (SSSR count). The van der Waals surface area contributed by atoms with E-state index in [4.69, 9.17) is 10.5 Å². The number of carbonyl (C=O) groups is 1. The zero-order chi connectivity index (χ0) is 16.8. The lowest BCUT2D eigenvalue weighted by Crippen LogP contribution is -2.55. The van der Waals surface area contributed by atoms with E-state index in [0.29, 0.717) is 0 Å². The molecule has 132 valence electrons. The predicted octanol–water partition coefficient (Wildman–Crippen LogP) is 1.13. The maximum Gasteiger partial charge on any atom is 0.239 e. The van der Waals surface area contributed by atoms with Crippen molar-refractivity contribution in [3.8, 4) is 0 Å². The lowest BCUT2D eigenvalue weighted by atomic mass is 9.91. The molecule has 0 radical (unpaired) electrons. The average molecular weight is 331 g/mol. The van der Waals surface area contributed by atoms with Gasteiger partial charge >= 0.3 is 0 Å². The first-order valence-electron chi connectivity index (χ1n) is 9.12. The molecular weight excluding hydrogens is 302 g/mol. The predicted molar refractivity (Wildman–Crippen MR) is 94.7 cm³/mol. The molecule has 2 heterocycles. The smallest absolute Gasteiger partial charge is 0.239 e. The van der Waals surface area contributed by atoms with Crippen LogP contribution in [0.2, 0.25) is 0 Å². The minimum atomic E-state index is -0.357. The number of rotatable bonds is 5. The van der Waals surface area contributed by atoms with Crippen molar-refractivity contribution < 1.29 is 9.53 Å². The summed E-state index contributed by atoms with van der Waals surface area (Å²) in [6.45, 7) is 6.00. The Morgan fingerprint density at radius 1 is 1.12 bits per heavy atom. The van der Waals surface area contributed by atoms with Gasteiger partial charge in [0, 0.05) is 45.9 Å². The van der Waals surface area contributed by atoms with Gasteiger partial charge in [-0.25, -0.2) is 0 Å². The van der Waals surface area contributed by atoms with E-state index in [1.165, 1.54) is 5.56 Å². The molecule has 0 aromatic heterocycles. The van der Waals surface area contributed by atoms with Crippen molar-refractivity contribution in [1.82, 2.24) is 9.80 Å².